The summed E-state index contributed by atoms with van der Waals surface area (Å²) in [5.41, 5.74) is 6.03. The average molecular weight is 297 g/mol. The first-order valence-corrected chi connectivity index (χ1v) is 8.59. The van der Waals surface area contributed by atoms with Crippen LogP contribution in [0.5, 0.6) is 0 Å². The number of nitrogens with two attached hydrogens (primary N) is 1. The van der Waals surface area contributed by atoms with Crippen molar-refractivity contribution in [3.8, 4) is 0 Å². The van der Waals surface area contributed by atoms with E-state index < -0.39 is 0 Å². The first-order valence-electron chi connectivity index (χ1n) is 8.59. The number of carbonyl (C=O) groups excluding carboxylic acids is 1. The van der Waals surface area contributed by atoms with E-state index in [0.717, 1.165) is 65.0 Å². The van der Waals surface area contributed by atoms with Crippen LogP contribution in [0.15, 0.2) is 0 Å². The lowest BCUT2D eigenvalue weighted by atomic mass is 10.1. The Labute approximate surface area is 128 Å². The van der Waals surface area contributed by atoms with Crippen molar-refractivity contribution in [2.45, 2.75) is 57.6 Å². The second-order valence-corrected chi connectivity index (χ2v) is 6.36. The van der Waals surface area contributed by atoms with Crippen LogP contribution in [0.2, 0.25) is 0 Å². The van der Waals surface area contributed by atoms with E-state index in [9.17, 15) is 4.79 Å². The third kappa shape index (κ3) is 5.24. The van der Waals surface area contributed by atoms with E-state index in [1.165, 1.54) is 12.8 Å². The highest BCUT2D eigenvalue weighted by atomic mass is 16.5. The Morgan fingerprint density at radius 3 is 2.86 bits per heavy atom. The molecule has 0 aromatic rings. The molecule has 2 aliphatic heterocycles. The molecule has 0 aromatic heterocycles. The average Bonchev–Trinajstić information content (AvgIpc) is 2.89. The lowest BCUT2D eigenvalue weighted by molar-refractivity contribution is -0.132. The lowest BCUT2D eigenvalue weighted by Gasteiger charge is -2.25. The Kier molecular flexibility index (Phi) is 6.93. The molecule has 5 nitrogen and oxygen atoms in total. The van der Waals surface area contributed by atoms with Crippen LogP contribution in [0.1, 0.15) is 45.4 Å². The van der Waals surface area contributed by atoms with Crippen molar-refractivity contribution in [1.82, 2.24) is 9.80 Å². The van der Waals surface area contributed by atoms with Crippen molar-refractivity contribution in [2.75, 3.05) is 39.3 Å². The van der Waals surface area contributed by atoms with Crippen LogP contribution in [0.4, 0.5) is 0 Å². The molecule has 0 aliphatic carbocycles. The number of unbranched alkanes of at least 4 members (excludes halogenated alkanes) is 1. The molecule has 0 spiro atoms. The minimum Gasteiger partial charge on any atom is -0.377 e. The van der Waals surface area contributed by atoms with Gasteiger partial charge in [0, 0.05) is 32.8 Å². The lowest BCUT2D eigenvalue weighted by Crippen LogP contribution is -2.45. The Balaban J connectivity index is 1.75. The summed E-state index contributed by atoms with van der Waals surface area (Å²) < 4.78 is 5.71. The van der Waals surface area contributed by atoms with Gasteiger partial charge < -0.3 is 15.4 Å². The van der Waals surface area contributed by atoms with E-state index in [0.29, 0.717) is 6.10 Å². The molecule has 0 aromatic carbocycles. The van der Waals surface area contributed by atoms with E-state index in [1.54, 1.807) is 0 Å². The fourth-order valence-electron chi connectivity index (χ4n) is 3.23. The zero-order valence-electron chi connectivity index (χ0n) is 13.4. The molecule has 2 atom stereocenters. The molecule has 2 N–H and O–H groups in total. The summed E-state index contributed by atoms with van der Waals surface area (Å²) in [6, 6.07) is -0.310. The zero-order chi connectivity index (χ0) is 15.1. The van der Waals surface area contributed by atoms with Crippen LogP contribution in [0.3, 0.4) is 0 Å². The van der Waals surface area contributed by atoms with Crippen LogP contribution in [-0.2, 0) is 9.53 Å². The summed E-state index contributed by atoms with van der Waals surface area (Å²) in [5, 5.41) is 0. The van der Waals surface area contributed by atoms with Gasteiger partial charge in [-0.15, -0.1) is 0 Å². The molecule has 1 unspecified atom stereocenters. The van der Waals surface area contributed by atoms with Crippen LogP contribution in [0.25, 0.3) is 0 Å². The van der Waals surface area contributed by atoms with Gasteiger partial charge in [0.2, 0.25) is 5.91 Å². The minimum atomic E-state index is -0.310. The van der Waals surface area contributed by atoms with Crippen molar-refractivity contribution >= 4 is 5.91 Å². The topological polar surface area (TPSA) is 58.8 Å². The van der Waals surface area contributed by atoms with E-state index in [2.05, 4.69) is 11.8 Å². The normalized spacial score (nSPS) is 25.8. The first-order chi connectivity index (χ1) is 10.2. The van der Waals surface area contributed by atoms with Crippen LogP contribution >= 0.6 is 0 Å². The molecule has 122 valence electrons. The highest BCUT2D eigenvalue weighted by molar-refractivity contribution is 5.81. The van der Waals surface area contributed by atoms with E-state index in [1.807, 2.05) is 4.90 Å². The van der Waals surface area contributed by atoms with Gasteiger partial charge >= 0.3 is 0 Å². The maximum atomic E-state index is 12.4. The number of ether oxygens (including phenoxy) is 1. The number of carbonyl (C=O) groups is 1. The molecule has 0 saturated carbocycles. The second kappa shape index (κ2) is 8.71. The summed E-state index contributed by atoms with van der Waals surface area (Å²) in [6.45, 7) is 7.73. The highest BCUT2D eigenvalue weighted by Gasteiger charge is 2.25. The third-order valence-electron chi connectivity index (χ3n) is 4.57. The minimum absolute atomic E-state index is 0.141. The van der Waals surface area contributed by atoms with Gasteiger partial charge in [-0.3, -0.25) is 9.69 Å². The fourth-order valence-corrected chi connectivity index (χ4v) is 3.23. The molecule has 2 heterocycles. The molecule has 5 heteroatoms. The van der Waals surface area contributed by atoms with E-state index >= 15 is 0 Å². The predicted octanol–water partition coefficient (Wildman–Crippen LogP) is 1.22. The third-order valence-corrected chi connectivity index (χ3v) is 4.57. The summed E-state index contributed by atoms with van der Waals surface area (Å²) in [7, 11) is 0. The predicted molar refractivity (Wildman–Crippen MR) is 84.1 cm³/mol. The fraction of sp³-hybridized carbons (Fsp3) is 0.938. The molecule has 21 heavy (non-hydrogen) atoms. The quantitative estimate of drug-likeness (QED) is 0.801. The van der Waals surface area contributed by atoms with Gasteiger partial charge in [0.05, 0.1) is 12.1 Å². The Morgan fingerprint density at radius 2 is 2.14 bits per heavy atom. The van der Waals surface area contributed by atoms with Crippen molar-refractivity contribution in [3.63, 3.8) is 0 Å². The SMILES string of the molecule is CCCC[C@H](N)C(=O)N1CCCN(CC2CCCO2)CC1. The van der Waals surface area contributed by atoms with Crippen molar-refractivity contribution in [1.29, 1.82) is 0 Å². The van der Waals surface area contributed by atoms with E-state index in [-0.39, 0.29) is 11.9 Å². The number of hydrogen-bond donors (Lipinski definition) is 1. The second-order valence-electron chi connectivity index (χ2n) is 6.36. The number of hydrogen-bond acceptors (Lipinski definition) is 4. The molecular formula is C16H31N3O2. The molecule has 1 amide bonds. The van der Waals surface area contributed by atoms with Gasteiger partial charge in [-0.25, -0.2) is 0 Å². The highest BCUT2D eigenvalue weighted by Crippen LogP contribution is 2.15. The summed E-state index contributed by atoms with van der Waals surface area (Å²) >= 11 is 0. The number of amides is 1. The van der Waals surface area contributed by atoms with Gasteiger partial charge in [0.15, 0.2) is 0 Å². The van der Waals surface area contributed by atoms with Crippen molar-refractivity contribution in [2.24, 2.45) is 5.73 Å². The zero-order valence-corrected chi connectivity index (χ0v) is 13.4. The molecular weight excluding hydrogens is 266 g/mol. The van der Waals surface area contributed by atoms with Crippen LogP contribution < -0.4 is 5.73 Å². The first kappa shape index (κ1) is 16.7. The molecule has 2 rings (SSSR count). The van der Waals surface area contributed by atoms with Gasteiger partial charge in [0.25, 0.3) is 0 Å². The molecule has 2 fully saturated rings. The monoisotopic (exact) mass is 297 g/mol. The van der Waals surface area contributed by atoms with Crippen LogP contribution in [0, 0.1) is 0 Å². The summed E-state index contributed by atoms with van der Waals surface area (Å²) in [6.07, 6.45) is 6.75. The Morgan fingerprint density at radius 1 is 1.29 bits per heavy atom. The van der Waals surface area contributed by atoms with Crippen molar-refractivity contribution < 1.29 is 9.53 Å². The van der Waals surface area contributed by atoms with Gasteiger partial charge in [-0.1, -0.05) is 19.8 Å². The molecule has 2 saturated heterocycles. The molecule has 0 bridgehead atoms. The summed E-state index contributed by atoms with van der Waals surface area (Å²) in [5.74, 6) is 0.141. The van der Waals surface area contributed by atoms with Gasteiger partial charge in [-0.2, -0.15) is 0 Å². The van der Waals surface area contributed by atoms with Crippen LogP contribution in [-0.4, -0.2) is 67.2 Å². The van der Waals surface area contributed by atoms with Gasteiger partial charge in [-0.05, 0) is 32.2 Å². The Bertz CT molecular complexity index is 319. The van der Waals surface area contributed by atoms with Gasteiger partial charge in [0.1, 0.15) is 0 Å². The van der Waals surface area contributed by atoms with Crippen molar-refractivity contribution in [3.05, 3.63) is 0 Å². The Hall–Kier alpha value is -0.650. The maximum Gasteiger partial charge on any atom is 0.239 e. The number of nitrogens with zero attached hydrogens (tertiary/aromatic N) is 2. The molecule has 2 aliphatic rings. The maximum absolute atomic E-state index is 12.4. The molecule has 0 radical (unpaired) electrons. The smallest absolute Gasteiger partial charge is 0.239 e. The number of rotatable bonds is 6. The van der Waals surface area contributed by atoms with E-state index in [4.69, 9.17) is 10.5 Å². The largest absolute Gasteiger partial charge is 0.377 e. The standard InChI is InChI=1S/C16H31N3O2/c1-2-3-7-15(17)16(20)19-9-5-8-18(10-11-19)13-14-6-4-12-21-14/h14-15H,2-13,17H2,1H3/t14?,15-/m0/s1. The summed E-state index contributed by atoms with van der Waals surface area (Å²) in [4.78, 5) is 16.8.